The molecule has 0 aliphatic carbocycles. The second kappa shape index (κ2) is 11.7. The van der Waals surface area contributed by atoms with Gasteiger partial charge in [0.15, 0.2) is 0 Å². The Labute approximate surface area is 219 Å². The summed E-state index contributed by atoms with van der Waals surface area (Å²) in [5, 5.41) is 16.5. The van der Waals surface area contributed by atoms with Crippen LogP contribution in [-0.2, 0) is 13.1 Å². The maximum atomic E-state index is 11.3. The van der Waals surface area contributed by atoms with Gasteiger partial charge in [-0.2, -0.15) is 5.10 Å². The van der Waals surface area contributed by atoms with Gasteiger partial charge in [0.25, 0.3) is 0 Å². The van der Waals surface area contributed by atoms with Crippen LogP contribution in [0.4, 0.5) is 0 Å². The average Bonchev–Trinajstić information content (AvgIpc) is 3.16. The van der Waals surface area contributed by atoms with E-state index in [0.29, 0.717) is 13.2 Å². The van der Waals surface area contributed by atoms with Gasteiger partial charge in [-0.1, -0.05) is 23.7 Å². The van der Waals surface area contributed by atoms with Crippen LogP contribution in [0.25, 0.3) is 0 Å². The van der Waals surface area contributed by atoms with Crippen molar-refractivity contribution >= 4 is 11.6 Å². The topological polar surface area (TPSA) is 59.8 Å². The molecule has 1 unspecified atom stereocenters. The third-order valence-electron chi connectivity index (χ3n) is 6.74. The largest absolute Gasteiger partial charge is 0.494 e. The Morgan fingerprint density at radius 3 is 2.53 bits per heavy atom. The quantitative estimate of drug-likeness (QED) is 0.357. The van der Waals surface area contributed by atoms with Gasteiger partial charge in [-0.25, -0.2) is 0 Å². The highest BCUT2D eigenvalue weighted by Crippen LogP contribution is 2.28. The van der Waals surface area contributed by atoms with E-state index in [-0.39, 0.29) is 6.61 Å². The molecular formula is C29H38ClN3O3. The number of likely N-dealkylation sites (tertiary alicyclic amines) is 1. The monoisotopic (exact) mass is 511 g/mol. The predicted octanol–water partition coefficient (Wildman–Crippen LogP) is 5.65. The lowest BCUT2D eigenvalue weighted by molar-refractivity contribution is -0.0621. The number of aromatic nitrogens is 2. The Hall–Kier alpha value is -2.54. The first-order chi connectivity index (χ1) is 17.2. The number of aliphatic hydroxyl groups is 1. The summed E-state index contributed by atoms with van der Waals surface area (Å²) in [6, 6.07) is 14.2. The summed E-state index contributed by atoms with van der Waals surface area (Å²) in [5.74, 6) is 1.63. The highest BCUT2D eigenvalue weighted by molar-refractivity contribution is 6.32. The highest BCUT2D eigenvalue weighted by atomic mass is 35.5. The zero-order valence-electron chi connectivity index (χ0n) is 21.9. The van der Waals surface area contributed by atoms with E-state index in [0.717, 1.165) is 72.2 Å². The normalized spacial score (nSPS) is 18.4. The first kappa shape index (κ1) is 26.5. The van der Waals surface area contributed by atoms with Crippen molar-refractivity contribution in [2.75, 3.05) is 26.3 Å². The van der Waals surface area contributed by atoms with Crippen molar-refractivity contribution < 1.29 is 14.6 Å². The summed E-state index contributed by atoms with van der Waals surface area (Å²) in [6.07, 6.45) is 2.56. The van der Waals surface area contributed by atoms with Crippen molar-refractivity contribution in [1.29, 1.82) is 0 Å². The number of ether oxygens (including phenoxy) is 2. The molecule has 1 N–H and O–H groups in total. The van der Waals surface area contributed by atoms with E-state index in [4.69, 9.17) is 21.1 Å². The highest BCUT2D eigenvalue weighted by Gasteiger charge is 2.34. The van der Waals surface area contributed by atoms with Gasteiger partial charge >= 0.3 is 0 Å². The van der Waals surface area contributed by atoms with E-state index >= 15 is 0 Å². The lowest BCUT2D eigenvalue weighted by Crippen LogP contribution is -2.51. The molecule has 1 fully saturated rings. The molecule has 2 aromatic carbocycles. The number of halogens is 1. The smallest absolute Gasteiger partial charge is 0.120 e. The Balaban J connectivity index is 1.27. The molecule has 0 saturated carbocycles. The van der Waals surface area contributed by atoms with E-state index in [1.165, 1.54) is 11.3 Å². The number of piperidine rings is 1. The minimum atomic E-state index is -0.878. The van der Waals surface area contributed by atoms with E-state index in [1.54, 1.807) is 0 Å². The van der Waals surface area contributed by atoms with Crippen LogP contribution >= 0.6 is 11.6 Å². The fourth-order valence-corrected chi connectivity index (χ4v) is 5.07. The molecule has 0 spiro atoms. The van der Waals surface area contributed by atoms with E-state index < -0.39 is 5.60 Å². The minimum absolute atomic E-state index is 0.266. The van der Waals surface area contributed by atoms with E-state index in [2.05, 4.69) is 35.1 Å². The van der Waals surface area contributed by atoms with Crippen molar-refractivity contribution in [2.24, 2.45) is 0 Å². The summed E-state index contributed by atoms with van der Waals surface area (Å²) >= 11 is 6.28. The van der Waals surface area contributed by atoms with Crippen LogP contribution in [0.1, 0.15) is 47.3 Å². The van der Waals surface area contributed by atoms with E-state index in [1.807, 2.05) is 49.7 Å². The molecule has 36 heavy (non-hydrogen) atoms. The molecule has 2 heterocycles. The van der Waals surface area contributed by atoms with Crippen LogP contribution in [0, 0.1) is 27.7 Å². The second-order valence-corrected chi connectivity index (χ2v) is 10.6. The van der Waals surface area contributed by atoms with Crippen molar-refractivity contribution in [3.05, 3.63) is 75.6 Å². The molecule has 1 aromatic heterocycles. The maximum absolute atomic E-state index is 11.3. The molecule has 0 radical (unpaired) electrons. The van der Waals surface area contributed by atoms with Crippen LogP contribution in [0.3, 0.4) is 0 Å². The number of hydrogen-bond acceptors (Lipinski definition) is 5. The van der Waals surface area contributed by atoms with Crippen LogP contribution < -0.4 is 9.47 Å². The minimum Gasteiger partial charge on any atom is -0.494 e. The van der Waals surface area contributed by atoms with Crippen molar-refractivity contribution in [3.8, 4) is 11.5 Å². The van der Waals surface area contributed by atoms with Crippen LogP contribution in [-0.4, -0.2) is 51.7 Å². The zero-order chi connectivity index (χ0) is 25.7. The number of β-amino-alcohol motifs (C(OH)–C–C–N with tert-alkyl or cyclic N) is 1. The van der Waals surface area contributed by atoms with Gasteiger partial charge < -0.3 is 14.6 Å². The Morgan fingerprint density at radius 1 is 1.03 bits per heavy atom. The molecule has 6 nitrogen and oxygen atoms in total. The third-order valence-corrected chi connectivity index (χ3v) is 7.34. The predicted molar refractivity (Wildman–Crippen MR) is 144 cm³/mol. The van der Waals surface area contributed by atoms with Gasteiger partial charge in [0.05, 0.1) is 12.3 Å². The SMILES string of the molecule is Cc1cc(C)n(CCCOc2cccc(CN3CCCC(O)(COc4cc(C)c(Cl)c(C)c4)C3)c2)n1. The molecule has 4 rings (SSSR count). The third kappa shape index (κ3) is 7.02. The number of nitrogens with zero attached hydrogens (tertiary/aromatic N) is 3. The zero-order valence-corrected chi connectivity index (χ0v) is 22.6. The molecule has 3 aromatic rings. The summed E-state index contributed by atoms with van der Waals surface area (Å²) < 4.78 is 14.1. The number of hydrogen-bond donors (Lipinski definition) is 1. The fraction of sp³-hybridized carbons (Fsp3) is 0.483. The maximum Gasteiger partial charge on any atom is 0.120 e. The van der Waals surface area contributed by atoms with Gasteiger partial charge in [0.2, 0.25) is 0 Å². The lowest BCUT2D eigenvalue weighted by atomic mass is 9.93. The molecule has 1 aliphatic rings. The Bertz CT molecular complexity index is 1160. The van der Waals surface area contributed by atoms with E-state index in [9.17, 15) is 5.11 Å². The molecule has 0 bridgehead atoms. The summed E-state index contributed by atoms with van der Waals surface area (Å²) in [7, 11) is 0. The van der Waals surface area contributed by atoms with Crippen LogP contribution in [0.5, 0.6) is 11.5 Å². The molecule has 1 saturated heterocycles. The summed E-state index contributed by atoms with van der Waals surface area (Å²) in [6.45, 7) is 12.1. The van der Waals surface area contributed by atoms with Crippen molar-refractivity contribution in [1.82, 2.24) is 14.7 Å². The van der Waals surface area contributed by atoms with Crippen LogP contribution in [0.15, 0.2) is 42.5 Å². The summed E-state index contributed by atoms with van der Waals surface area (Å²) in [4.78, 5) is 2.30. The molecular weight excluding hydrogens is 474 g/mol. The lowest BCUT2D eigenvalue weighted by Gasteiger charge is -2.39. The molecule has 194 valence electrons. The first-order valence-electron chi connectivity index (χ1n) is 12.8. The molecule has 0 amide bonds. The standard InChI is InChI=1S/C29H38ClN3O3/c1-21-14-27(15-22(2)28(21)30)36-20-29(34)10-6-11-32(19-29)18-25-8-5-9-26(17-25)35-13-7-12-33-24(4)16-23(3)31-33/h5,8-9,14-17,34H,6-7,10-13,18-20H2,1-4H3. The van der Waals surface area contributed by atoms with Gasteiger partial charge in [-0.3, -0.25) is 9.58 Å². The van der Waals surface area contributed by atoms with Crippen LogP contribution in [0.2, 0.25) is 5.02 Å². The summed E-state index contributed by atoms with van der Waals surface area (Å²) in [5.41, 5.74) is 4.50. The Kier molecular flexibility index (Phi) is 8.60. The molecule has 7 heteroatoms. The van der Waals surface area contributed by atoms with Crippen molar-refractivity contribution in [2.45, 2.75) is 65.6 Å². The Morgan fingerprint density at radius 2 is 1.81 bits per heavy atom. The fourth-order valence-electron chi connectivity index (χ4n) is 4.96. The molecule has 1 atom stereocenters. The van der Waals surface area contributed by atoms with Gasteiger partial charge in [-0.15, -0.1) is 0 Å². The van der Waals surface area contributed by atoms with Gasteiger partial charge in [-0.05, 0) is 94.1 Å². The number of aryl methyl sites for hydroxylation is 5. The average molecular weight is 512 g/mol. The van der Waals surface area contributed by atoms with Crippen molar-refractivity contribution in [3.63, 3.8) is 0 Å². The van der Waals surface area contributed by atoms with Gasteiger partial charge in [0.1, 0.15) is 23.7 Å². The second-order valence-electron chi connectivity index (χ2n) is 10.2. The molecule has 1 aliphatic heterocycles. The number of benzene rings is 2. The van der Waals surface area contributed by atoms with Gasteiger partial charge in [0, 0.05) is 36.8 Å². The number of rotatable bonds is 10. The first-order valence-corrected chi connectivity index (χ1v) is 13.2.